The summed E-state index contributed by atoms with van der Waals surface area (Å²) in [5.41, 5.74) is -3.48. The topological polar surface area (TPSA) is 121 Å². The molecular weight excluding hydrogens is 318 g/mol. The molecule has 1 saturated heterocycles. The van der Waals surface area contributed by atoms with Gasteiger partial charge in [-0.25, -0.2) is 9.59 Å². The Bertz CT molecular complexity index is 525. The Hall–Kier alpha value is -1.67. The number of carbonyl (C=O) groups excluding carboxylic acids is 1. The van der Waals surface area contributed by atoms with Crippen molar-refractivity contribution >= 4 is 17.9 Å². The molecule has 3 N–H and O–H groups in total. The summed E-state index contributed by atoms with van der Waals surface area (Å²) in [6, 6.07) is 0. The number of rotatable bonds is 6. The van der Waals surface area contributed by atoms with E-state index in [4.69, 9.17) is 15.1 Å². The van der Waals surface area contributed by atoms with Crippen LogP contribution in [0, 0.1) is 0 Å². The van der Waals surface area contributed by atoms with Crippen molar-refractivity contribution in [1.82, 2.24) is 0 Å². The Balaban J connectivity index is 3.03. The molecule has 24 heavy (non-hydrogen) atoms. The third-order valence-electron chi connectivity index (χ3n) is 5.45. The standard InChI is InChI=1S/C16H27NO7/c1-14(2)7-6-8-15(3,4)17(14,5)24-12(20)10-16(23,13(21)22)9-11(18)19/h23H,6-10H2,1-5H3,(H-,18,19,21,22)/p+1. The van der Waals surface area contributed by atoms with E-state index in [0.717, 1.165) is 19.3 Å². The molecule has 0 spiro atoms. The third kappa shape index (κ3) is 3.70. The molecule has 1 atom stereocenters. The number of nitrogens with zero attached hydrogens (tertiary/aromatic N) is 1. The Morgan fingerprint density at radius 3 is 1.88 bits per heavy atom. The lowest BCUT2D eigenvalue weighted by Gasteiger charge is -2.55. The average molecular weight is 346 g/mol. The molecule has 0 bridgehead atoms. The first-order valence-electron chi connectivity index (χ1n) is 7.94. The number of hydrogen-bond donors (Lipinski definition) is 3. The number of hydroxylamine groups is 3. The minimum absolute atomic E-state index is 0.0679. The van der Waals surface area contributed by atoms with Gasteiger partial charge >= 0.3 is 17.9 Å². The summed E-state index contributed by atoms with van der Waals surface area (Å²) in [5.74, 6) is -4.21. The van der Waals surface area contributed by atoms with Gasteiger partial charge in [0, 0.05) is 12.8 Å². The number of piperidine rings is 1. The van der Waals surface area contributed by atoms with E-state index in [-0.39, 0.29) is 4.65 Å². The molecule has 0 saturated carbocycles. The highest BCUT2D eigenvalue weighted by atomic mass is 16.8. The van der Waals surface area contributed by atoms with Crippen LogP contribution in [0.4, 0.5) is 0 Å². The predicted octanol–water partition coefficient (Wildman–Crippen LogP) is 1.31. The largest absolute Gasteiger partial charge is 0.481 e. The Labute approximate surface area is 141 Å². The zero-order valence-corrected chi connectivity index (χ0v) is 15.0. The second kappa shape index (κ2) is 6.33. The summed E-state index contributed by atoms with van der Waals surface area (Å²) in [6.07, 6.45) is 0.614. The molecule has 1 heterocycles. The molecule has 0 aromatic carbocycles. The molecule has 1 aliphatic rings. The maximum absolute atomic E-state index is 12.3. The van der Waals surface area contributed by atoms with Gasteiger partial charge in [-0.2, -0.15) is 0 Å². The van der Waals surface area contributed by atoms with Gasteiger partial charge in [-0.05, 0) is 34.1 Å². The summed E-state index contributed by atoms with van der Waals surface area (Å²) in [7, 11) is 1.76. The highest BCUT2D eigenvalue weighted by Crippen LogP contribution is 2.44. The molecule has 8 nitrogen and oxygen atoms in total. The van der Waals surface area contributed by atoms with Crippen molar-refractivity contribution in [1.29, 1.82) is 0 Å². The number of aliphatic hydroxyl groups is 1. The second-order valence-corrected chi connectivity index (χ2v) is 7.95. The molecule has 0 aromatic heterocycles. The third-order valence-corrected chi connectivity index (χ3v) is 5.45. The van der Waals surface area contributed by atoms with E-state index in [1.807, 2.05) is 27.7 Å². The number of aliphatic carboxylic acids is 2. The van der Waals surface area contributed by atoms with Crippen LogP contribution < -0.4 is 0 Å². The van der Waals surface area contributed by atoms with Gasteiger partial charge in [-0.15, -0.1) is 4.65 Å². The fourth-order valence-electron chi connectivity index (χ4n) is 3.39. The summed E-state index contributed by atoms with van der Waals surface area (Å²) < 4.78 is -0.0679. The summed E-state index contributed by atoms with van der Waals surface area (Å²) in [6.45, 7) is 7.84. The van der Waals surface area contributed by atoms with E-state index < -0.39 is 47.4 Å². The van der Waals surface area contributed by atoms with Crippen LogP contribution in [0.5, 0.6) is 0 Å². The molecule has 1 unspecified atom stereocenters. The fourth-order valence-corrected chi connectivity index (χ4v) is 3.39. The van der Waals surface area contributed by atoms with Crippen LogP contribution in [0.15, 0.2) is 0 Å². The number of hydrogen-bond acceptors (Lipinski definition) is 5. The van der Waals surface area contributed by atoms with Crippen LogP contribution in [-0.2, 0) is 19.2 Å². The number of carboxylic acids is 2. The normalized spacial score (nSPS) is 23.8. The molecule has 138 valence electrons. The molecule has 0 aromatic rings. The molecular formula is C16H28NO7+. The van der Waals surface area contributed by atoms with Gasteiger partial charge in [-0.3, -0.25) is 9.63 Å². The van der Waals surface area contributed by atoms with Crippen molar-refractivity contribution in [3.8, 4) is 0 Å². The number of likely N-dealkylation sites (tertiary alicyclic amines) is 1. The van der Waals surface area contributed by atoms with Crippen molar-refractivity contribution in [3.63, 3.8) is 0 Å². The van der Waals surface area contributed by atoms with Gasteiger partial charge < -0.3 is 15.3 Å². The maximum Gasteiger partial charge on any atom is 0.370 e. The number of quaternary nitrogens is 1. The van der Waals surface area contributed by atoms with Gasteiger partial charge in [0.15, 0.2) is 5.60 Å². The first kappa shape index (κ1) is 20.4. The first-order valence-corrected chi connectivity index (χ1v) is 7.94. The highest BCUT2D eigenvalue weighted by molar-refractivity contribution is 5.88. The van der Waals surface area contributed by atoms with Crippen LogP contribution in [0.25, 0.3) is 0 Å². The van der Waals surface area contributed by atoms with Crippen molar-refractivity contribution in [2.45, 2.75) is 76.5 Å². The number of carbonyl (C=O) groups is 3. The van der Waals surface area contributed by atoms with Crippen LogP contribution in [0.2, 0.25) is 0 Å². The van der Waals surface area contributed by atoms with Crippen LogP contribution in [0.1, 0.15) is 59.8 Å². The molecule has 0 amide bonds. The maximum atomic E-state index is 12.3. The zero-order chi connectivity index (χ0) is 19.0. The molecule has 1 rings (SSSR count). The van der Waals surface area contributed by atoms with E-state index in [9.17, 15) is 19.5 Å². The second-order valence-electron chi connectivity index (χ2n) is 7.95. The molecule has 8 heteroatoms. The summed E-state index contributed by atoms with van der Waals surface area (Å²) in [4.78, 5) is 39.9. The molecule has 1 aliphatic heterocycles. The summed E-state index contributed by atoms with van der Waals surface area (Å²) in [5, 5.41) is 27.9. The van der Waals surface area contributed by atoms with E-state index >= 15 is 0 Å². The van der Waals surface area contributed by atoms with Crippen molar-refractivity contribution < 1.29 is 39.2 Å². The average Bonchev–Trinajstić information content (AvgIpc) is 2.34. The summed E-state index contributed by atoms with van der Waals surface area (Å²) >= 11 is 0. The van der Waals surface area contributed by atoms with Gasteiger partial charge in [0.2, 0.25) is 0 Å². The minimum atomic E-state index is -2.69. The lowest BCUT2D eigenvalue weighted by molar-refractivity contribution is -1.15. The molecule has 0 aliphatic carbocycles. The number of carboxylic acid groups (broad SMARTS) is 2. The predicted molar refractivity (Wildman–Crippen MR) is 83.7 cm³/mol. The van der Waals surface area contributed by atoms with Gasteiger partial charge in [0.1, 0.15) is 18.1 Å². The van der Waals surface area contributed by atoms with Crippen LogP contribution in [-0.4, -0.2) is 61.6 Å². The highest BCUT2D eigenvalue weighted by Gasteiger charge is 2.58. The zero-order valence-electron chi connectivity index (χ0n) is 15.0. The van der Waals surface area contributed by atoms with Crippen LogP contribution >= 0.6 is 0 Å². The van der Waals surface area contributed by atoms with Gasteiger partial charge in [0.05, 0.1) is 12.8 Å². The minimum Gasteiger partial charge on any atom is -0.481 e. The van der Waals surface area contributed by atoms with Crippen molar-refractivity contribution in [2.75, 3.05) is 7.05 Å². The first-order chi connectivity index (χ1) is 10.7. The van der Waals surface area contributed by atoms with Gasteiger partial charge in [0.25, 0.3) is 0 Å². The lowest BCUT2D eigenvalue weighted by Crippen LogP contribution is -2.71. The van der Waals surface area contributed by atoms with E-state index in [2.05, 4.69) is 0 Å². The lowest BCUT2D eigenvalue weighted by atomic mass is 9.79. The van der Waals surface area contributed by atoms with Crippen molar-refractivity contribution in [2.24, 2.45) is 0 Å². The van der Waals surface area contributed by atoms with Gasteiger partial charge in [-0.1, -0.05) is 0 Å². The van der Waals surface area contributed by atoms with Crippen LogP contribution in [0.3, 0.4) is 0 Å². The fraction of sp³-hybridized carbons (Fsp3) is 0.812. The Morgan fingerprint density at radius 2 is 1.50 bits per heavy atom. The Morgan fingerprint density at radius 1 is 1.04 bits per heavy atom. The quantitative estimate of drug-likeness (QED) is 0.620. The SMILES string of the molecule is CC1(C)CCCC(C)(C)[N+]1(C)OC(=O)CC(O)(CC(=O)O)C(=O)O. The Kier molecular flexibility index (Phi) is 5.37. The van der Waals surface area contributed by atoms with E-state index in [1.54, 1.807) is 7.05 Å². The molecule has 0 radical (unpaired) electrons. The smallest absolute Gasteiger partial charge is 0.370 e. The molecule has 1 fully saturated rings. The monoisotopic (exact) mass is 346 g/mol. The van der Waals surface area contributed by atoms with E-state index in [1.165, 1.54) is 0 Å². The van der Waals surface area contributed by atoms with Crippen molar-refractivity contribution in [3.05, 3.63) is 0 Å². The van der Waals surface area contributed by atoms with E-state index in [0.29, 0.717) is 0 Å².